The first-order valence-corrected chi connectivity index (χ1v) is 4.57. The minimum absolute atomic E-state index is 1.11. The van der Waals surface area contributed by atoms with Crippen LogP contribution >= 0.6 is 0 Å². The first-order chi connectivity index (χ1) is 5.85. The van der Waals surface area contributed by atoms with Crippen LogP contribution < -0.4 is 5.32 Å². The quantitative estimate of drug-likeness (QED) is 0.476. The Hall–Kier alpha value is -0.630. The van der Waals surface area contributed by atoms with Crippen LogP contribution in [0.25, 0.3) is 0 Å². The third-order valence-electron chi connectivity index (χ3n) is 1.81. The molecule has 0 aromatic heterocycles. The highest BCUT2D eigenvalue weighted by Crippen LogP contribution is 2.04. The number of rotatable bonds is 6. The second-order valence-electron chi connectivity index (χ2n) is 2.81. The van der Waals surface area contributed by atoms with Gasteiger partial charge in [-0.2, -0.15) is 0 Å². The predicted molar refractivity (Wildman–Crippen MR) is 56.0 cm³/mol. The van der Waals surface area contributed by atoms with E-state index >= 15 is 0 Å². The molecule has 0 aliphatic rings. The van der Waals surface area contributed by atoms with E-state index in [0.717, 1.165) is 13.0 Å². The maximum absolute atomic E-state index is 4.00. The number of aliphatic imine (C=N–C) groups is 1. The van der Waals surface area contributed by atoms with Gasteiger partial charge in [-0.05, 0) is 45.4 Å². The van der Waals surface area contributed by atoms with E-state index in [4.69, 9.17) is 0 Å². The summed E-state index contributed by atoms with van der Waals surface area (Å²) in [5, 5.41) is 3.14. The lowest BCUT2D eigenvalue weighted by molar-refractivity contribution is 0.680. The number of nitrogens with one attached hydrogen (secondary N) is 1. The van der Waals surface area contributed by atoms with Crippen LogP contribution in [0.5, 0.6) is 0 Å². The summed E-state index contributed by atoms with van der Waals surface area (Å²) in [6.45, 7) is 3.18. The predicted octanol–water partition coefficient (Wildman–Crippen LogP) is 2.02. The smallest absolute Gasteiger partial charge is 0.0277 e. The molecule has 1 N–H and O–H groups in total. The average Bonchev–Trinajstić information content (AvgIpc) is 2.10. The van der Waals surface area contributed by atoms with E-state index in [0.29, 0.717) is 0 Å². The minimum Gasteiger partial charge on any atom is -0.320 e. The van der Waals surface area contributed by atoms with Crippen molar-refractivity contribution in [2.75, 3.05) is 20.6 Å². The molecule has 0 spiro atoms. The SMILES string of the molecule is C/C=C(\C=NC)CCCCNC. The Morgan fingerprint density at radius 1 is 1.42 bits per heavy atom. The van der Waals surface area contributed by atoms with E-state index in [1.54, 1.807) is 0 Å². The van der Waals surface area contributed by atoms with Gasteiger partial charge >= 0.3 is 0 Å². The maximum atomic E-state index is 4.00. The standard InChI is InChI=1S/C10H20N2/c1-4-10(9-12-3)7-5-6-8-11-2/h4,9,11H,5-8H2,1-3H3/b10-4-,12-9?. The van der Waals surface area contributed by atoms with Gasteiger partial charge in [0, 0.05) is 13.3 Å². The summed E-state index contributed by atoms with van der Waals surface area (Å²) >= 11 is 0. The van der Waals surface area contributed by atoms with Crippen molar-refractivity contribution in [1.29, 1.82) is 0 Å². The summed E-state index contributed by atoms with van der Waals surface area (Å²) in [6.07, 6.45) is 7.71. The Bertz CT molecular complexity index is 148. The van der Waals surface area contributed by atoms with Crippen molar-refractivity contribution in [1.82, 2.24) is 5.32 Å². The van der Waals surface area contributed by atoms with Crippen molar-refractivity contribution < 1.29 is 0 Å². The second kappa shape index (κ2) is 8.47. The highest BCUT2D eigenvalue weighted by atomic mass is 14.8. The van der Waals surface area contributed by atoms with Gasteiger partial charge in [0.05, 0.1) is 0 Å². The van der Waals surface area contributed by atoms with Crippen molar-refractivity contribution in [2.45, 2.75) is 26.2 Å². The van der Waals surface area contributed by atoms with Crippen molar-refractivity contribution in [3.8, 4) is 0 Å². The van der Waals surface area contributed by atoms with E-state index in [9.17, 15) is 0 Å². The van der Waals surface area contributed by atoms with Crippen molar-refractivity contribution >= 4 is 6.21 Å². The van der Waals surface area contributed by atoms with Gasteiger partial charge in [0.2, 0.25) is 0 Å². The lowest BCUT2D eigenvalue weighted by atomic mass is 10.1. The van der Waals surface area contributed by atoms with Crippen LogP contribution in [0.15, 0.2) is 16.6 Å². The van der Waals surface area contributed by atoms with Gasteiger partial charge in [0.1, 0.15) is 0 Å². The monoisotopic (exact) mass is 168 g/mol. The van der Waals surface area contributed by atoms with Crippen LogP contribution in [0.4, 0.5) is 0 Å². The first kappa shape index (κ1) is 11.4. The fraction of sp³-hybridized carbons (Fsp3) is 0.700. The van der Waals surface area contributed by atoms with Gasteiger partial charge in [0.15, 0.2) is 0 Å². The molecule has 70 valence electrons. The van der Waals surface area contributed by atoms with Crippen LogP contribution in [0.3, 0.4) is 0 Å². The highest BCUT2D eigenvalue weighted by molar-refractivity contribution is 5.78. The molecular weight excluding hydrogens is 148 g/mol. The van der Waals surface area contributed by atoms with Crippen molar-refractivity contribution in [3.63, 3.8) is 0 Å². The van der Waals surface area contributed by atoms with E-state index in [1.165, 1.54) is 18.4 Å². The first-order valence-electron chi connectivity index (χ1n) is 4.57. The van der Waals surface area contributed by atoms with Gasteiger partial charge < -0.3 is 5.32 Å². The van der Waals surface area contributed by atoms with Gasteiger partial charge in [-0.1, -0.05) is 6.08 Å². The Labute approximate surface area is 75.8 Å². The number of unbranched alkanes of at least 4 members (excludes halogenated alkanes) is 1. The molecule has 0 aromatic carbocycles. The Balaban J connectivity index is 3.46. The molecular formula is C10H20N2. The number of nitrogens with zero attached hydrogens (tertiary/aromatic N) is 1. The zero-order chi connectivity index (χ0) is 9.23. The molecule has 0 rings (SSSR count). The maximum Gasteiger partial charge on any atom is 0.0277 e. The van der Waals surface area contributed by atoms with Crippen LogP contribution in [0, 0.1) is 0 Å². The lowest BCUT2D eigenvalue weighted by Gasteiger charge is -2.00. The Kier molecular flexibility index (Phi) is 8.02. The van der Waals surface area contributed by atoms with Crippen LogP contribution in [0.2, 0.25) is 0 Å². The fourth-order valence-electron chi connectivity index (χ4n) is 1.08. The molecule has 0 atom stereocenters. The van der Waals surface area contributed by atoms with E-state index in [1.807, 2.05) is 20.3 Å². The summed E-state index contributed by atoms with van der Waals surface area (Å²) in [7, 11) is 3.81. The zero-order valence-corrected chi connectivity index (χ0v) is 8.43. The van der Waals surface area contributed by atoms with Gasteiger partial charge in [-0.25, -0.2) is 0 Å². The second-order valence-corrected chi connectivity index (χ2v) is 2.81. The third-order valence-corrected chi connectivity index (χ3v) is 1.81. The van der Waals surface area contributed by atoms with Crippen LogP contribution in [-0.2, 0) is 0 Å². The summed E-state index contributed by atoms with van der Waals surface area (Å²) in [5.74, 6) is 0. The summed E-state index contributed by atoms with van der Waals surface area (Å²) in [6, 6.07) is 0. The molecule has 0 unspecified atom stereocenters. The lowest BCUT2D eigenvalue weighted by Crippen LogP contribution is -2.07. The molecule has 2 nitrogen and oxygen atoms in total. The molecule has 0 radical (unpaired) electrons. The highest BCUT2D eigenvalue weighted by Gasteiger charge is 1.91. The Morgan fingerprint density at radius 2 is 2.17 bits per heavy atom. The summed E-state index contributed by atoms with van der Waals surface area (Å²) < 4.78 is 0. The molecule has 0 aromatic rings. The van der Waals surface area contributed by atoms with Crippen LogP contribution in [0.1, 0.15) is 26.2 Å². The fourth-order valence-corrected chi connectivity index (χ4v) is 1.08. The van der Waals surface area contributed by atoms with Gasteiger partial charge in [-0.15, -0.1) is 0 Å². The van der Waals surface area contributed by atoms with Gasteiger partial charge in [0.25, 0.3) is 0 Å². The van der Waals surface area contributed by atoms with E-state index in [-0.39, 0.29) is 0 Å². The van der Waals surface area contributed by atoms with E-state index < -0.39 is 0 Å². The molecule has 0 bridgehead atoms. The molecule has 2 heteroatoms. The molecule has 0 aliphatic carbocycles. The molecule has 0 heterocycles. The molecule has 0 saturated carbocycles. The molecule has 0 fully saturated rings. The average molecular weight is 168 g/mol. The molecule has 0 amide bonds. The normalized spacial score (nSPS) is 12.8. The topological polar surface area (TPSA) is 24.4 Å². The van der Waals surface area contributed by atoms with E-state index in [2.05, 4.69) is 23.3 Å². The number of hydrogen-bond donors (Lipinski definition) is 1. The van der Waals surface area contributed by atoms with Crippen molar-refractivity contribution in [3.05, 3.63) is 11.6 Å². The number of allylic oxidation sites excluding steroid dienone is 2. The van der Waals surface area contributed by atoms with Gasteiger partial charge in [-0.3, -0.25) is 4.99 Å². The largest absolute Gasteiger partial charge is 0.320 e. The van der Waals surface area contributed by atoms with Crippen molar-refractivity contribution in [2.24, 2.45) is 4.99 Å². The molecule has 12 heavy (non-hydrogen) atoms. The number of hydrogen-bond acceptors (Lipinski definition) is 2. The Morgan fingerprint density at radius 3 is 2.67 bits per heavy atom. The minimum atomic E-state index is 1.11. The summed E-state index contributed by atoms with van der Waals surface area (Å²) in [4.78, 5) is 4.00. The molecule has 0 saturated heterocycles. The molecule has 0 aliphatic heterocycles. The summed E-state index contributed by atoms with van der Waals surface area (Å²) in [5.41, 5.74) is 1.34. The zero-order valence-electron chi connectivity index (χ0n) is 8.43. The third kappa shape index (κ3) is 6.10. The van der Waals surface area contributed by atoms with Crippen LogP contribution in [-0.4, -0.2) is 26.9 Å².